The van der Waals surface area contributed by atoms with Crippen LogP contribution in [0.5, 0.6) is 0 Å². The Bertz CT molecular complexity index is 1580. The van der Waals surface area contributed by atoms with Gasteiger partial charge < -0.3 is 25.6 Å². The molecule has 4 aromatic rings. The van der Waals surface area contributed by atoms with Crippen LogP contribution in [0.4, 0.5) is 27.7 Å². The molecule has 9 nitrogen and oxygen atoms in total. The summed E-state index contributed by atoms with van der Waals surface area (Å²) in [5, 5.41) is 13.6. The van der Waals surface area contributed by atoms with E-state index in [1.165, 1.54) is 11.0 Å². The van der Waals surface area contributed by atoms with Gasteiger partial charge in [0.05, 0.1) is 23.5 Å². The number of hydrogen-bond donors (Lipinski definition) is 3. The summed E-state index contributed by atoms with van der Waals surface area (Å²) in [5.41, 5.74) is 10.1. The first-order valence-electron chi connectivity index (χ1n) is 13.2. The summed E-state index contributed by atoms with van der Waals surface area (Å²) in [6.45, 7) is 4.15. The van der Waals surface area contributed by atoms with Crippen molar-refractivity contribution in [2.24, 2.45) is 0 Å². The number of aliphatic hydroxyl groups is 1. The maximum atomic E-state index is 15.2. The van der Waals surface area contributed by atoms with Crippen molar-refractivity contribution < 1.29 is 14.3 Å². The van der Waals surface area contributed by atoms with Gasteiger partial charge in [0, 0.05) is 36.1 Å². The third kappa shape index (κ3) is 4.72. The number of nitrogens with two attached hydrogens (primary N) is 1. The molecule has 0 atom stereocenters. The lowest BCUT2D eigenvalue weighted by atomic mass is 9.93. The van der Waals surface area contributed by atoms with Crippen molar-refractivity contribution in [3.8, 4) is 11.4 Å². The zero-order valence-corrected chi connectivity index (χ0v) is 21.9. The highest BCUT2D eigenvalue weighted by atomic mass is 19.1. The summed E-state index contributed by atoms with van der Waals surface area (Å²) in [5.74, 6) is 0.0109. The van der Waals surface area contributed by atoms with Gasteiger partial charge in [0.2, 0.25) is 11.9 Å². The molecule has 2 aromatic carbocycles. The van der Waals surface area contributed by atoms with E-state index in [0.29, 0.717) is 41.7 Å². The minimum atomic E-state index is -0.488. The second kappa shape index (κ2) is 9.77. The smallest absolute Gasteiger partial charge is 0.261 e. The highest BCUT2D eigenvalue weighted by Crippen LogP contribution is 2.42. The van der Waals surface area contributed by atoms with Crippen LogP contribution in [0.15, 0.2) is 48.8 Å². The zero-order valence-electron chi connectivity index (χ0n) is 21.9. The van der Waals surface area contributed by atoms with E-state index in [0.717, 1.165) is 29.7 Å². The van der Waals surface area contributed by atoms with Gasteiger partial charge >= 0.3 is 0 Å². The fourth-order valence-corrected chi connectivity index (χ4v) is 5.18. The van der Waals surface area contributed by atoms with E-state index in [1.807, 2.05) is 29.1 Å². The van der Waals surface area contributed by atoms with E-state index < -0.39 is 11.7 Å². The molecule has 39 heavy (non-hydrogen) atoms. The maximum Gasteiger partial charge on any atom is 0.261 e. The molecule has 200 valence electrons. The molecule has 2 aliphatic rings. The van der Waals surface area contributed by atoms with Gasteiger partial charge in [-0.1, -0.05) is 18.2 Å². The molecule has 0 unspecified atom stereocenters. The number of carbonyl (C=O) groups is 1. The van der Waals surface area contributed by atoms with E-state index in [1.54, 1.807) is 18.2 Å². The summed E-state index contributed by atoms with van der Waals surface area (Å²) in [4.78, 5) is 28.1. The average molecular weight is 528 g/mol. The summed E-state index contributed by atoms with van der Waals surface area (Å²) in [6.07, 6.45) is 6.55. The standard InChI is InChI=1S/C29H30FN7O2/c1-16(2)36-10-9-20(14-36)32-29-34-26(33-28(31)35-29)21-4-3-5-24(22(21)15-38)37-11-8-18-12-19(17-6-7-17)13-23(30)25(18)27(37)39/h3-5,9-10,12-14,16-17,38H,6-8,11,15H2,1-2H3,(H3,31,32,33,34,35). The Morgan fingerprint density at radius 2 is 2.00 bits per heavy atom. The minimum absolute atomic E-state index is 0.0107. The largest absolute Gasteiger partial charge is 0.392 e. The van der Waals surface area contributed by atoms with Crippen LogP contribution in [0.1, 0.15) is 65.7 Å². The molecule has 2 aromatic heterocycles. The summed E-state index contributed by atoms with van der Waals surface area (Å²) in [7, 11) is 0. The van der Waals surface area contributed by atoms with Crippen LogP contribution < -0.4 is 16.0 Å². The number of anilines is 4. The minimum Gasteiger partial charge on any atom is -0.392 e. The maximum absolute atomic E-state index is 15.2. The molecule has 0 bridgehead atoms. The first-order valence-corrected chi connectivity index (χ1v) is 13.2. The SMILES string of the molecule is CC(C)n1ccc(Nc2nc(N)nc(-c3cccc(N4CCc5cc(C6CC6)cc(F)c5C4=O)c3CO)n2)c1. The van der Waals surface area contributed by atoms with Gasteiger partial charge in [0.1, 0.15) is 5.82 Å². The van der Waals surface area contributed by atoms with Crippen molar-refractivity contribution in [2.45, 2.75) is 51.7 Å². The predicted octanol–water partition coefficient (Wildman–Crippen LogP) is 4.96. The van der Waals surface area contributed by atoms with Crippen molar-refractivity contribution in [2.75, 3.05) is 22.5 Å². The molecular weight excluding hydrogens is 497 g/mol. The van der Waals surface area contributed by atoms with Gasteiger partial charge in [-0.2, -0.15) is 15.0 Å². The molecule has 6 rings (SSSR count). The Morgan fingerprint density at radius 3 is 2.72 bits per heavy atom. The van der Waals surface area contributed by atoms with E-state index >= 15 is 4.39 Å². The number of halogens is 1. The molecule has 3 heterocycles. The first-order chi connectivity index (χ1) is 18.8. The summed E-state index contributed by atoms with van der Waals surface area (Å²) in [6, 6.07) is 10.9. The lowest BCUT2D eigenvalue weighted by Crippen LogP contribution is -2.39. The highest BCUT2D eigenvalue weighted by Gasteiger charge is 2.33. The van der Waals surface area contributed by atoms with Crippen molar-refractivity contribution in [1.82, 2.24) is 19.5 Å². The Kier molecular flexibility index (Phi) is 6.26. The molecular formula is C29H30FN7O2. The summed E-state index contributed by atoms with van der Waals surface area (Å²) >= 11 is 0. The number of nitrogen functional groups attached to an aromatic ring is 1. The van der Waals surface area contributed by atoms with Gasteiger partial charge in [-0.25, -0.2) is 4.39 Å². The lowest BCUT2D eigenvalue weighted by molar-refractivity contribution is 0.0976. The number of amides is 1. The van der Waals surface area contributed by atoms with Crippen molar-refractivity contribution in [3.63, 3.8) is 0 Å². The topological polar surface area (TPSA) is 122 Å². The van der Waals surface area contributed by atoms with Crippen LogP contribution in [0, 0.1) is 5.82 Å². The number of fused-ring (bicyclic) bond motifs is 1. The molecule has 1 saturated carbocycles. The number of hydrogen-bond acceptors (Lipinski definition) is 7. The van der Waals surface area contributed by atoms with E-state index in [4.69, 9.17) is 5.73 Å². The highest BCUT2D eigenvalue weighted by molar-refractivity contribution is 6.09. The fraction of sp³-hybridized carbons (Fsp3) is 0.310. The molecule has 10 heteroatoms. The number of carbonyl (C=O) groups excluding carboxylic acids is 1. The number of nitrogens with zero attached hydrogens (tertiary/aromatic N) is 5. The van der Waals surface area contributed by atoms with Gasteiger partial charge in [-0.3, -0.25) is 4.79 Å². The molecule has 0 spiro atoms. The van der Waals surface area contributed by atoms with Crippen LogP contribution >= 0.6 is 0 Å². The lowest BCUT2D eigenvalue weighted by Gasteiger charge is -2.31. The van der Waals surface area contributed by atoms with Crippen LogP contribution in [0.3, 0.4) is 0 Å². The third-order valence-corrected chi connectivity index (χ3v) is 7.37. The number of aliphatic hydroxyl groups excluding tert-OH is 1. The Labute approximate surface area is 225 Å². The molecule has 1 amide bonds. The third-order valence-electron chi connectivity index (χ3n) is 7.37. The number of aromatic nitrogens is 4. The van der Waals surface area contributed by atoms with Gasteiger partial charge in [-0.05, 0) is 68.4 Å². The first kappa shape index (κ1) is 25.0. The second-order valence-electron chi connectivity index (χ2n) is 10.4. The number of nitrogens with one attached hydrogen (secondary N) is 1. The van der Waals surface area contributed by atoms with Gasteiger partial charge in [-0.15, -0.1) is 0 Å². The zero-order chi connectivity index (χ0) is 27.3. The van der Waals surface area contributed by atoms with E-state index in [-0.39, 0.29) is 29.9 Å². The predicted molar refractivity (Wildman–Crippen MR) is 147 cm³/mol. The summed E-state index contributed by atoms with van der Waals surface area (Å²) < 4.78 is 17.2. The van der Waals surface area contributed by atoms with E-state index in [9.17, 15) is 9.90 Å². The van der Waals surface area contributed by atoms with Gasteiger partial charge in [0.25, 0.3) is 5.91 Å². The normalized spacial score (nSPS) is 15.1. The van der Waals surface area contributed by atoms with Crippen LogP contribution in [-0.4, -0.2) is 37.1 Å². The van der Waals surface area contributed by atoms with Crippen LogP contribution in [0.2, 0.25) is 0 Å². The molecule has 1 aliphatic carbocycles. The van der Waals surface area contributed by atoms with Crippen molar-refractivity contribution >= 4 is 29.2 Å². The number of rotatable bonds is 7. The van der Waals surface area contributed by atoms with Crippen LogP contribution in [0.25, 0.3) is 11.4 Å². The Morgan fingerprint density at radius 1 is 1.18 bits per heavy atom. The average Bonchev–Trinajstić information content (AvgIpc) is 3.66. The molecule has 1 fully saturated rings. The second-order valence-corrected chi connectivity index (χ2v) is 10.4. The molecule has 0 saturated heterocycles. The van der Waals surface area contributed by atoms with Crippen molar-refractivity contribution in [3.05, 3.63) is 76.9 Å². The van der Waals surface area contributed by atoms with Crippen LogP contribution in [-0.2, 0) is 13.0 Å². The molecule has 1 aliphatic heterocycles. The Balaban J connectivity index is 1.34. The fourth-order valence-electron chi connectivity index (χ4n) is 5.18. The monoisotopic (exact) mass is 527 g/mol. The Hall–Kier alpha value is -4.31. The van der Waals surface area contributed by atoms with Gasteiger partial charge in [0.15, 0.2) is 5.82 Å². The van der Waals surface area contributed by atoms with E-state index in [2.05, 4.69) is 34.1 Å². The quantitative estimate of drug-likeness (QED) is 0.311. The molecule has 4 N–H and O–H groups in total. The van der Waals surface area contributed by atoms with Crippen molar-refractivity contribution in [1.29, 1.82) is 0 Å². The molecule has 0 radical (unpaired) electrons. The number of benzene rings is 2.